The molecule has 2 atom stereocenters. The van der Waals surface area contributed by atoms with Gasteiger partial charge in [0.2, 0.25) is 0 Å². The van der Waals surface area contributed by atoms with Crippen LogP contribution in [0.5, 0.6) is 0 Å². The number of hydrogen-bond donors (Lipinski definition) is 1. The summed E-state index contributed by atoms with van der Waals surface area (Å²) in [6.07, 6.45) is 15.0. The minimum absolute atomic E-state index is 0.00810. The highest BCUT2D eigenvalue weighted by molar-refractivity contribution is 7.80. The average Bonchev–Trinajstić information content (AvgIpc) is 3.73. The normalized spacial score (nSPS) is 19.5. The van der Waals surface area contributed by atoms with Crippen LogP contribution < -0.4 is 0 Å². The Hall–Kier alpha value is -3.11. The van der Waals surface area contributed by atoms with Crippen LogP contribution in [0.2, 0.25) is 0 Å². The Morgan fingerprint density at radius 3 is 1.85 bits per heavy atom. The van der Waals surface area contributed by atoms with Gasteiger partial charge in [0.15, 0.2) is 17.0 Å². The molecular formula is C45H65NO7S. The van der Waals surface area contributed by atoms with Crippen LogP contribution in [0.3, 0.4) is 0 Å². The molecule has 0 aromatic heterocycles. The number of ether oxygens (including phenoxy) is 4. The zero-order chi connectivity index (χ0) is 39.4. The summed E-state index contributed by atoms with van der Waals surface area (Å²) in [5.41, 5.74) is -2.60. The second-order valence-electron chi connectivity index (χ2n) is 16.5. The van der Waals surface area contributed by atoms with Crippen LogP contribution in [-0.4, -0.2) is 63.3 Å². The molecule has 298 valence electrons. The van der Waals surface area contributed by atoms with E-state index >= 15 is 0 Å². The number of carbonyl (C=O) groups is 2. The third-order valence-electron chi connectivity index (χ3n) is 10.5. The maximum Gasteiger partial charge on any atom is 0.343 e. The summed E-state index contributed by atoms with van der Waals surface area (Å²) < 4.78 is 24.6. The number of thiocarbonyl (C=S) groups is 1. The molecule has 54 heavy (non-hydrogen) atoms. The zero-order valence-corrected chi connectivity index (χ0v) is 34.7. The van der Waals surface area contributed by atoms with Crippen molar-refractivity contribution < 1.29 is 33.6 Å². The number of nitrogens with zero attached hydrogens (tertiary/aromatic N) is 1. The third kappa shape index (κ3) is 10.8. The van der Waals surface area contributed by atoms with E-state index in [1.54, 1.807) is 26.8 Å². The van der Waals surface area contributed by atoms with Crippen LogP contribution in [0.4, 0.5) is 0 Å². The number of carbonyl (C=O) groups excluding carboxylic acids is 2. The summed E-state index contributed by atoms with van der Waals surface area (Å²) in [7, 11) is 0. The van der Waals surface area contributed by atoms with Gasteiger partial charge in [0, 0.05) is 24.0 Å². The highest BCUT2D eigenvalue weighted by Crippen LogP contribution is 2.48. The number of unbranched alkanes of at least 4 members (excludes halogenated alkanes) is 9. The molecule has 0 unspecified atom stereocenters. The molecule has 0 aliphatic carbocycles. The molecule has 1 amide bonds. The van der Waals surface area contributed by atoms with Gasteiger partial charge in [-0.3, -0.25) is 9.69 Å². The second-order valence-corrected chi connectivity index (χ2v) is 16.8. The van der Waals surface area contributed by atoms with Gasteiger partial charge in [-0.15, -0.1) is 0 Å². The molecule has 0 radical (unpaired) electrons. The van der Waals surface area contributed by atoms with Crippen molar-refractivity contribution >= 4 is 29.3 Å². The van der Waals surface area contributed by atoms with Gasteiger partial charge in [-0.25, -0.2) is 4.79 Å². The number of aliphatic hydroxyl groups is 1. The Balaban J connectivity index is 1.52. The highest BCUT2D eigenvalue weighted by atomic mass is 32.1. The summed E-state index contributed by atoms with van der Waals surface area (Å²) in [5, 5.41) is 11.9. The molecule has 0 spiro atoms. The maximum atomic E-state index is 14.9. The van der Waals surface area contributed by atoms with Crippen molar-refractivity contribution in [2.45, 2.75) is 161 Å². The molecule has 2 aromatic rings. The van der Waals surface area contributed by atoms with Crippen molar-refractivity contribution in [2.75, 3.05) is 13.2 Å². The van der Waals surface area contributed by atoms with Gasteiger partial charge in [-0.05, 0) is 71.5 Å². The largest absolute Gasteiger partial charge is 0.458 e. The molecule has 2 aliphatic heterocycles. The molecule has 8 nitrogen and oxygen atoms in total. The van der Waals surface area contributed by atoms with E-state index in [9.17, 15) is 14.7 Å². The maximum absolute atomic E-state index is 14.9. The van der Waals surface area contributed by atoms with E-state index in [1.165, 1.54) is 37.5 Å². The molecule has 2 aromatic carbocycles. The Kier molecular flexibility index (Phi) is 15.9. The smallest absolute Gasteiger partial charge is 0.343 e. The molecule has 2 aliphatic rings. The summed E-state index contributed by atoms with van der Waals surface area (Å²) >= 11 is 5.88. The fourth-order valence-electron chi connectivity index (χ4n) is 7.85. The van der Waals surface area contributed by atoms with Gasteiger partial charge in [-0.2, -0.15) is 0 Å². The van der Waals surface area contributed by atoms with E-state index in [0.717, 1.165) is 62.5 Å². The van der Waals surface area contributed by atoms with Crippen molar-refractivity contribution in [3.63, 3.8) is 0 Å². The zero-order valence-electron chi connectivity index (χ0n) is 33.9. The van der Waals surface area contributed by atoms with Crippen LogP contribution in [0.1, 0.15) is 143 Å². The number of hydrogen-bond acceptors (Lipinski definition) is 8. The van der Waals surface area contributed by atoms with Crippen LogP contribution in [0.25, 0.3) is 0 Å². The highest BCUT2D eigenvalue weighted by Gasteiger charge is 2.59. The van der Waals surface area contributed by atoms with Crippen LogP contribution in [0.15, 0.2) is 72.3 Å². The Morgan fingerprint density at radius 1 is 0.852 bits per heavy atom. The number of benzene rings is 2. The molecule has 2 heterocycles. The van der Waals surface area contributed by atoms with Crippen molar-refractivity contribution in [3.05, 3.63) is 83.4 Å². The quantitative estimate of drug-likeness (QED) is 0.0617. The first-order valence-corrected chi connectivity index (χ1v) is 20.7. The minimum Gasteiger partial charge on any atom is -0.458 e. The predicted molar refractivity (Wildman–Crippen MR) is 218 cm³/mol. The van der Waals surface area contributed by atoms with E-state index in [-0.39, 0.29) is 16.7 Å². The van der Waals surface area contributed by atoms with Crippen molar-refractivity contribution in [3.8, 4) is 0 Å². The van der Waals surface area contributed by atoms with Gasteiger partial charge in [0.25, 0.3) is 11.1 Å². The summed E-state index contributed by atoms with van der Waals surface area (Å²) in [4.78, 5) is 30.0. The molecule has 0 bridgehead atoms. The minimum atomic E-state index is -2.24. The lowest BCUT2D eigenvalue weighted by atomic mass is 9.75. The summed E-state index contributed by atoms with van der Waals surface area (Å²) in [5.74, 6) is -2.03. The number of rotatable bonds is 20. The lowest BCUT2D eigenvalue weighted by molar-refractivity contribution is -0.172. The lowest BCUT2D eigenvalue weighted by Gasteiger charge is -2.39. The fraction of sp³-hybridized carbons (Fsp3) is 0.622. The topological polar surface area (TPSA) is 94.5 Å². The van der Waals surface area contributed by atoms with Crippen molar-refractivity contribution in [2.24, 2.45) is 5.92 Å². The van der Waals surface area contributed by atoms with Gasteiger partial charge >= 0.3 is 5.97 Å². The number of allylic oxidation sites excluding steroid dienone is 1. The first-order chi connectivity index (χ1) is 25.7. The van der Waals surface area contributed by atoms with Crippen LogP contribution >= 0.6 is 12.2 Å². The van der Waals surface area contributed by atoms with Gasteiger partial charge in [-0.1, -0.05) is 132 Å². The summed E-state index contributed by atoms with van der Waals surface area (Å²) in [6.45, 7) is 14.2. The Morgan fingerprint density at radius 2 is 1.35 bits per heavy atom. The summed E-state index contributed by atoms with van der Waals surface area (Å²) in [6, 6.07) is 19.0. The molecule has 2 saturated heterocycles. The first kappa shape index (κ1) is 43.6. The van der Waals surface area contributed by atoms with Gasteiger partial charge in [0.1, 0.15) is 5.60 Å². The predicted octanol–water partition coefficient (Wildman–Crippen LogP) is 9.95. The number of amides is 1. The van der Waals surface area contributed by atoms with E-state index in [4.69, 9.17) is 31.2 Å². The van der Waals surface area contributed by atoms with E-state index in [1.807, 2.05) is 74.5 Å². The Bertz CT molecular complexity index is 1490. The second kappa shape index (κ2) is 19.7. The monoisotopic (exact) mass is 763 g/mol. The SMILES string of the molecule is CCCCCCCC1(CCCCCCC/C=C(\C(=O)N2C(=S)OC(c3ccccc3)(c3ccccc3)[C@@H]2C(C)C)[C@](C)(O)C(=O)OC(C)(C)C)OCCO1. The van der Waals surface area contributed by atoms with Gasteiger partial charge < -0.3 is 24.1 Å². The average molecular weight is 764 g/mol. The standard InChI is InChI=1S/C45H65NO7S/c1-8-9-10-14-23-30-44(50-32-33-51-44)31-24-15-12-11-13-22-29-37(43(7,49)40(48)52-42(4,5)6)39(47)46-38(34(2)3)45(53-41(46)54,35-25-18-16-19-26-35)36-27-20-17-21-28-36/h16-21,25-29,34,38,49H,8-15,22-24,30-33H2,1-7H3/b37-29+/t38-,43-/m0/s1. The molecule has 2 fully saturated rings. The van der Waals surface area contributed by atoms with Crippen LogP contribution in [-0.2, 0) is 34.1 Å². The lowest BCUT2D eigenvalue weighted by Crippen LogP contribution is -2.53. The van der Waals surface area contributed by atoms with Crippen LogP contribution in [0, 0.1) is 5.92 Å². The molecular weight excluding hydrogens is 699 g/mol. The first-order valence-electron chi connectivity index (χ1n) is 20.3. The molecule has 9 heteroatoms. The van der Waals surface area contributed by atoms with E-state index < -0.39 is 40.5 Å². The van der Waals surface area contributed by atoms with Gasteiger partial charge in [0.05, 0.1) is 24.8 Å². The molecule has 4 rings (SSSR count). The van der Waals surface area contributed by atoms with E-state index in [0.29, 0.717) is 19.6 Å². The Labute approximate surface area is 330 Å². The molecule has 0 saturated carbocycles. The van der Waals surface area contributed by atoms with E-state index in [2.05, 4.69) is 6.92 Å². The third-order valence-corrected chi connectivity index (χ3v) is 10.8. The van der Waals surface area contributed by atoms with Crippen molar-refractivity contribution in [1.82, 2.24) is 4.90 Å². The fourth-order valence-corrected chi connectivity index (χ4v) is 8.18. The number of esters is 1. The van der Waals surface area contributed by atoms with Crippen molar-refractivity contribution in [1.29, 1.82) is 0 Å². The molecule has 1 N–H and O–H groups in total.